The molecule has 1 aromatic rings. The second kappa shape index (κ2) is 8.35. The van der Waals surface area contributed by atoms with Crippen molar-refractivity contribution < 1.29 is 4.74 Å². The maximum absolute atomic E-state index is 5.16. The molecule has 0 saturated heterocycles. The van der Waals surface area contributed by atoms with Crippen molar-refractivity contribution in [1.29, 1.82) is 0 Å². The molecule has 114 valence electrons. The summed E-state index contributed by atoms with van der Waals surface area (Å²) in [5, 5.41) is 6.81. The van der Waals surface area contributed by atoms with Gasteiger partial charge in [0.05, 0.1) is 7.11 Å². The van der Waals surface area contributed by atoms with Gasteiger partial charge in [0.15, 0.2) is 5.96 Å². The summed E-state index contributed by atoms with van der Waals surface area (Å²) in [6.45, 7) is 0.922. The lowest BCUT2D eigenvalue weighted by Gasteiger charge is -2.16. The fraction of sp³-hybridized carbons (Fsp3) is 0.471. The normalized spacial score (nSPS) is 15.2. The first-order valence-corrected chi connectivity index (χ1v) is 7.57. The monoisotopic (exact) mass is 287 g/mol. The van der Waals surface area contributed by atoms with Gasteiger partial charge in [-0.25, -0.2) is 0 Å². The van der Waals surface area contributed by atoms with E-state index in [1.54, 1.807) is 7.11 Å². The Hall–Kier alpha value is -1.97. The topological polar surface area (TPSA) is 45.7 Å². The van der Waals surface area contributed by atoms with Crippen LogP contribution in [0.3, 0.4) is 0 Å². The molecule has 2 rings (SSSR count). The molecule has 0 bridgehead atoms. The van der Waals surface area contributed by atoms with Gasteiger partial charge >= 0.3 is 0 Å². The van der Waals surface area contributed by atoms with Gasteiger partial charge in [0.1, 0.15) is 5.75 Å². The van der Waals surface area contributed by atoms with Crippen molar-refractivity contribution in [3.05, 3.63) is 42.0 Å². The van der Waals surface area contributed by atoms with Gasteiger partial charge < -0.3 is 15.4 Å². The first-order chi connectivity index (χ1) is 10.3. The van der Waals surface area contributed by atoms with Gasteiger partial charge in [-0.3, -0.25) is 4.99 Å². The number of guanidine groups is 1. The fourth-order valence-electron chi connectivity index (χ4n) is 2.41. The zero-order valence-corrected chi connectivity index (χ0v) is 12.9. The molecule has 2 N–H and O–H groups in total. The Bertz CT molecular complexity index is 471. The van der Waals surface area contributed by atoms with Crippen LogP contribution in [0.4, 0.5) is 0 Å². The van der Waals surface area contributed by atoms with Crippen molar-refractivity contribution in [3.8, 4) is 5.75 Å². The lowest BCUT2D eigenvalue weighted by atomic mass is 10.1. The molecule has 0 unspecified atom stereocenters. The summed E-state index contributed by atoms with van der Waals surface area (Å²) in [4.78, 5) is 4.27. The van der Waals surface area contributed by atoms with E-state index in [0.717, 1.165) is 43.9 Å². The minimum atomic E-state index is 0.498. The highest BCUT2D eigenvalue weighted by Crippen LogP contribution is 2.12. The fourth-order valence-corrected chi connectivity index (χ4v) is 2.41. The molecule has 21 heavy (non-hydrogen) atoms. The third-order valence-corrected chi connectivity index (χ3v) is 3.67. The predicted molar refractivity (Wildman–Crippen MR) is 88.0 cm³/mol. The molecule has 0 saturated carbocycles. The van der Waals surface area contributed by atoms with E-state index in [1.165, 1.54) is 5.56 Å². The molecule has 0 amide bonds. The molecule has 0 spiro atoms. The van der Waals surface area contributed by atoms with Crippen molar-refractivity contribution in [2.75, 3.05) is 20.7 Å². The summed E-state index contributed by atoms with van der Waals surface area (Å²) in [7, 11) is 3.51. The molecule has 1 aliphatic rings. The number of methoxy groups -OCH3 is 1. The number of rotatable bonds is 6. The predicted octanol–water partition coefficient (Wildman–Crippen LogP) is 2.51. The van der Waals surface area contributed by atoms with Crippen molar-refractivity contribution in [3.63, 3.8) is 0 Å². The first-order valence-electron chi connectivity index (χ1n) is 7.57. The van der Waals surface area contributed by atoms with Crippen LogP contribution < -0.4 is 15.4 Å². The highest BCUT2D eigenvalue weighted by atomic mass is 16.5. The zero-order chi connectivity index (χ0) is 14.9. The van der Waals surface area contributed by atoms with Crippen LogP contribution in [0, 0.1) is 0 Å². The minimum Gasteiger partial charge on any atom is -0.497 e. The number of aliphatic imine (C=N–C) groups is 1. The Morgan fingerprint density at radius 2 is 1.95 bits per heavy atom. The van der Waals surface area contributed by atoms with E-state index in [0.29, 0.717) is 6.04 Å². The van der Waals surface area contributed by atoms with E-state index >= 15 is 0 Å². The second-order valence-electron chi connectivity index (χ2n) is 5.23. The van der Waals surface area contributed by atoms with Crippen molar-refractivity contribution in [1.82, 2.24) is 10.6 Å². The van der Waals surface area contributed by atoms with Crippen molar-refractivity contribution in [2.45, 2.75) is 31.7 Å². The summed E-state index contributed by atoms with van der Waals surface area (Å²) in [5.41, 5.74) is 1.33. The first kappa shape index (κ1) is 15.4. The average molecular weight is 287 g/mol. The third-order valence-electron chi connectivity index (χ3n) is 3.67. The minimum absolute atomic E-state index is 0.498. The summed E-state index contributed by atoms with van der Waals surface area (Å²) in [6, 6.07) is 8.76. The van der Waals surface area contributed by atoms with E-state index in [-0.39, 0.29) is 0 Å². The van der Waals surface area contributed by atoms with Crippen LogP contribution in [0.25, 0.3) is 0 Å². The lowest BCUT2D eigenvalue weighted by molar-refractivity contribution is 0.414. The van der Waals surface area contributed by atoms with Crippen LogP contribution in [-0.4, -0.2) is 32.7 Å². The second-order valence-corrected chi connectivity index (χ2v) is 5.23. The maximum atomic E-state index is 5.16. The summed E-state index contributed by atoms with van der Waals surface area (Å²) in [6.07, 6.45) is 8.75. The standard InChI is InChI=1S/C17H25N3O/c1-18-17(20-15-7-3-4-8-15)19-13-5-6-14-9-11-16(21-2)12-10-14/h3-4,9-12,15H,5-8,13H2,1-2H3,(H2,18,19,20). The van der Waals surface area contributed by atoms with Gasteiger partial charge in [-0.15, -0.1) is 0 Å². The van der Waals surface area contributed by atoms with Crippen LogP contribution in [0.2, 0.25) is 0 Å². The molecule has 0 heterocycles. The molecule has 1 aromatic carbocycles. The SMILES string of the molecule is CN=C(NCCCc1ccc(OC)cc1)NC1CC=CC1. The molecule has 0 aliphatic heterocycles. The Kier molecular flexibility index (Phi) is 6.13. The van der Waals surface area contributed by atoms with Crippen LogP contribution in [0.1, 0.15) is 24.8 Å². The highest BCUT2D eigenvalue weighted by Gasteiger charge is 2.10. The quantitative estimate of drug-likeness (QED) is 0.366. The van der Waals surface area contributed by atoms with Crippen LogP contribution in [0.15, 0.2) is 41.4 Å². The molecule has 0 fully saturated rings. The molecule has 0 aromatic heterocycles. The van der Waals surface area contributed by atoms with Crippen molar-refractivity contribution >= 4 is 5.96 Å². The Labute approximate surface area is 127 Å². The smallest absolute Gasteiger partial charge is 0.191 e. The molecule has 4 heteroatoms. The summed E-state index contributed by atoms with van der Waals surface area (Å²) < 4.78 is 5.16. The largest absolute Gasteiger partial charge is 0.497 e. The van der Waals surface area contributed by atoms with Gasteiger partial charge in [-0.2, -0.15) is 0 Å². The van der Waals surface area contributed by atoms with E-state index in [4.69, 9.17) is 4.74 Å². The Balaban J connectivity index is 1.65. The number of ether oxygens (including phenoxy) is 1. The van der Waals surface area contributed by atoms with Crippen LogP contribution in [-0.2, 0) is 6.42 Å². The Morgan fingerprint density at radius 1 is 1.24 bits per heavy atom. The van der Waals surface area contributed by atoms with Gasteiger partial charge in [0.2, 0.25) is 0 Å². The lowest BCUT2D eigenvalue weighted by Crippen LogP contribution is -2.42. The molecule has 4 nitrogen and oxygen atoms in total. The summed E-state index contributed by atoms with van der Waals surface area (Å²) >= 11 is 0. The third kappa shape index (κ3) is 5.14. The number of hydrogen-bond donors (Lipinski definition) is 2. The number of nitrogens with zero attached hydrogens (tertiary/aromatic N) is 1. The van der Waals surface area contributed by atoms with E-state index in [1.807, 2.05) is 19.2 Å². The molecule has 0 atom stereocenters. The van der Waals surface area contributed by atoms with E-state index in [2.05, 4.69) is 39.9 Å². The number of benzene rings is 1. The van der Waals surface area contributed by atoms with Gasteiger partial charge in [-0.1, -0.05) is 24.3 Å². The van der Waals surface area contributed by atoms with Crippen LogP contribution in [0.5, 0.6) is 5.75 Å². The van der Waals surface area contributed by atoms with Gasteiger partial charge in [-0.05, 0) is 43.4 Å². The highest BCUT2D eigenvalue weighted by molar-refractivity contribution is 5.80. The molecular weight excluding hydrogens is 262 g/mol. The number of aryl methyl sites for hydroxylation is 1. The van der Waals surface area contributed by atoms with Gasteiger partial charge in [0.25, 0.3) is 0 Å². The Morgan fingerprint density at radius 3 is 2.57 bits per heavy atom. The van der Waals surface area contributed by atoms with Gasteiger partial charge in [0, 0.05) is 19.6 Å². The van der Waals surface area contributed by atoms with E-state index < -0.39 is 0 Å². The van der Waals surface area contributed by atoms with E-state index in [9.17, 15) is 0 Å². The summed E-state index contributed by atoms with van der Waals surface area (Å²) in [5.74, 6) is 1.81. The number of hydrogen-bond acceptors (Lipinski definition) is 2. The maximum Gasteiger partial charge on any atom is 0.191 e. The molecular formula is C17H25N3O. The molecule has 0 radical (unpaired) electrons. The van der Waals surface area contributed by atoms with Crippen LogP contribution >= 0.6 is 0 Å². The molecule has 1 aliphatic carbocycles. The number of nitrogens with one attached hydrogen (secondary N) is 2. The zero-order valence-electron chi connectivity index (χ0n) is 12.9. The van der Waals surface area contributed by atoms with Crippen molar-refractivity contribution in [2.24, 2.45) is 4.99 Å². The average Bonchev–Trinajstić information content (AvgIpc) is 3.04.